The second kappa shape index (κ2) is 6.22. The van der Waals surface area contributed by atoms with Crippen LogP contribution in [0.1, 0.15) is 38.5 Å². The van der Waals surface area contributed by atoms with E-state index in [1.54, 1.807) is 0 Å². The van der Waals surface area contributed by atoms with Crippen molar-refractivity contribution in [3.05, 3.63) is 18.2 Å². The highest BCUT2D eigenvalue weighted by molar-refractivity contribution is 7.89. The SMILES string of the molecule is CC(C)N1CCN(S(=O)(=O)c2cc(-c3nnc(C4CC4)o3)co2)CC1. The summed E-state index contributed by atoms with van der Waals surface area (Å²) in [5, 5.41) is 7.93. The van der Waals surface area contributed by atoms with E-state index in [1.807, 2.05) is 0 Å². The van der Waals surface area contributed by atoms with Crippen LogP contribution < -0.4 is 0 Å². The van der Waals surface area contributed by atoms with Gasteiger partial charge in [0.05, 0.1) is 5.56 Å². The number of piperazine rings is 1. The Kier molecular flexibility index (Phi) is 4.17. The van der Waals surface area contributed by atoms with Crippen molar-refractivity contribution in [3.63, 3.8) is 0 Å². The largest absolute Gasteiger partial charge is 0.451 e. The van der Waals surface area contributed by atoms with Gasteiger partial charge in [0.2, 0.25) is 11.0 Å². The van der Waals surface area contributed by atoms with Crippen LogP contribution in [0.3, 0.4) is 0 Å². The van der Waals surface area contributed by atoms with Gasteiger partial charge in [0.25, 0.3) is 15.9 Å². The van der Waals surface area contributed by atoms with Crippen molar-refractivity contribution in [2.45, 2.75) is 43.7 Å². The molecular weight excluding hydrogens is 344 g/mol. The standard InChI is InChI=1S/C16H22N4O4S/c1-11(2)19-5-7-20(8-6-19)25(21,22)14-9-13(10-23-14)16-18-17-15(24-16)12-3-4-12/h9-12H,3-8H2,1-2H3. The number of sulfonamides is 1. The lowest BCUT2D eigenvalue weighted by atomic mass is 10.3. The fourth-order valence-corrected chi connectivity index (χ4v) is 4.34. The summed E-state index contributed by atoms with van der Waals surface area (Å²) in [6.07, 6.45) is 3.49. The van der Waals surface area contributed by atoms with Gasteiger partial charge in [-0.15, -0.1) is 10.2 Å². The van der Waals surface area contributed by atoms with E-state index < -0.39 is 10.0 Å². The van der Waals surface area contributed by atoms with Gasteiger partial charge in [-0.05, 0) is 26.7 Å². The molecule has 0 unspecified atom stereocenters. The normalized spacial score (nSPS) is 20.4. The Morgan fingerprint density at radius 2 is 1.88 bits per heavy atom. The van der Waals surface area contributed by atoms with E-state index in [2.05, 4.69) is 28.9 Å². The van der Waals surface area contributed by atoms with Crippen LogP contribution in [0.25, 0.3) is 11.5 Å². The van der Waals surface area contributed by atoms with E-state index in [0.717, 1.165) is 25.9 Å². The Morgan fingerprint density at radius 3 is 2.52 bits per heavy atom. The minimum absolute atomic E-state index is 0.0772. The summed E-state index contributed by atoms with van der Waals surface area (Å²) >= 11 is 0. The van der Waals surface area contributed by atoms with Gasteiger partial charge in [-0.2, -0.15) is 4.31 Å². The maximum Gasteiger partial charge on any atom is 0.276 e. The molecule has 2 fully saturated rings. The minimum atomic E-state index is -3.65. The molecule has 2 aliphatic rings. The average Bonchev–Trinajstić information content (AvgIpc) is 3.12. The second-order valence-corrected chi connectivity index (χ2v) is 8.78. The summed E-state index contributed by atoms with van der Waals surface area (Å²) in [7, 11) is -3.65. The van der Waals surface area contributed by atoms with Gasteiger partial charge in [0.15, 0.2) is 0 Å². The molecule has 136 valence electrons. The van der Waals surface area contributed by atoms with Crippen LogP contribution in [0.2, 0.25) is 0 Å². The molecule has 25 heavy (non-hydrogen) atoms. The summed E-state index contributed by atoms with van der Waals surface area (Å²) in [5.74, 6) is 1.27. The third kappa shape index (κ3) is 3.23. The van der Waals surface area contributed by atoms with Crippen molar-refractivity contribution in [2.75, 3.05) is 26.2 Å². The summed E-state index contributed by atoms with van der Waals surface area (Å²) in [4.78, 5) is 2.26. The molecule has 1 saturated heterocycles. The van der Waals surface area contributed by atoms with Crippen molar-refractivity contribution in [2.24, 2.45) is 0 Å². The number of hydrogen-bond acceptors (Lipinski definition) is 7. The molecule has 1 aliphatic carbocycles. The van der Waals surface area contributed by atoms with Crippen LogP contribution >= 0.6 is 0 Å². The predicted octanol–water partition coefficient (Wildman–Crippen LogP) is 1.92. The molecule has 1 aliphatic heterocycles. The third-order valence-electron chi connectivity index (χ3n) is 4.79. The van der Waals surface area contributed by atoms with E-state index in [0.29, 0.717) is 42.4 Å². The molecule has 3 heterocycles. The summed E-state index contributed by atoms with van der Waals surface area (Å²) in [6, 6.07) is 1.88. The number of furan rings is 1. The molecule has 8 nitrogen and oxygen atoms in total. The third-order valence-corrected chi connectivity index (χ3v) is 6.55. The molecule has 0 N–H and O–H groups in total. The topological polar surface area (TPSA) is 92.7 Å². The number of aromatic nitrogens is 2. The summed E-state index contributed by atoms with van der Waals surface area (Å²) in [5.41, 5.74) is 0.499. The van der Waals surface area contributed by atoms with Gasteiger partial charge in [-0.25, -0.2) is 8.42 Å². The maximum absolute atomic E-state index is 12.8. The van der Waals surface area contributed by atoms with Gasteiger partial charge in [0.1, 0.15) is 6.26 Å². The van der Waals surface area contributed by atoms with Gasteiger partial charge in [0, 0.05) is 44.2 Å². The number of rotatable bonds is 5. The van der Waals surface area contributed by atoms with Crippen LogP contribution in [0, 0.1) is 0 Å². The highest BCUT2D eigenvalue weighted by atomic mass is 32.2. The smallest absolute Gasteiger partial charge is 0.276 e. The maximum atomic E-state index is 12.8. The first-order chi connectivity index (χ1) is 11.9. The Hall–Kier alpha value is -1.71. The second-order valence-electron chi connectivity index (χ2n) is 6.91. The van der Waals surface area contributed by atoms with Crippen molar-refractivity contribution in [1.82, 2.24) is 19.4 Å². The lowest BCUT2D eigenvalue weighted by Crippen LogP contribution is -2.50. The Labute approximate surface area is 146 Å². The molecule has 1 saturated carbocycles. The lowest BCUT2D eigenvalue weighted by molar-refractivity contribution is 0.153. The van der Waals surface area contributed by atoms with Crippen LogP contribution in [-0.4, -0.2) is 60.0 Å². The molecule has 0 radical (unpaired) electrons. The fourth-order valence-electron chi connectivity index (χ4n) is 3.00. The zero-order chi connectivity index (χ0) is 17.6. The molecule has 2 aromatic heterocycles. The molecule has 9 heteroatoms. The van der Waals surface area contributed by atoms with Crippen molar-refractivity contribution in [1.29, 1.82) is 0 Å². The monoisotopic (exact) mass is 366 g/mol. The first-order valence-electron chi connectivity index (χ1n) is 8.61. The first kappa shape index (κ1) is 16.7. The van der Waals surface area contributed by atoms with Gasteiger partial charge in [-0.1, -0.05) is 0 Å². The van der Waals surface area contributed by atoms with Crippen molar-refractivity contribution < 1.29 is 17.3 Å². The molecular formula is C16H22N4O4S. The molecule has 4 rings (SSSR count). The van der Waals surface area contributed by atoms with Gasteiger partial charge < -0.3 is 8.83 Å². The van der Waals surface area contributed by atoms with E-state index in [9.17, 15) is 8.42 Å². The van der Waals surface area contributed by atoms with Crippen LogP contribution in [0.5, 0.6) is 0 Å². The zero-order valence-corrected chi connectivity index (χ0v) is 15.2. The number of nitrogens with zero attached hydrogens (tertiary/aromatic N) is 4. The van der Waals surface area contributed by atoms with Crippen LogP contribution in [0.4, 0.5) is 0 Å². The fraction of sp³-hybridized carbons (Fsp3) is 0.625. The molecule has 0 bridgehead atoms. The molecule has 0 aromatic carbocycles. The minimum Gasteiger partial charge on any atom is -0.451 e. The van der Waals surface area contributed by atoms with Crippen molar-refractivity contribution in [3.8, 4) is 11.5 Å². The highest BCUT2D eigenvalue weighted by Gasteiger charge is 2.33. The molecule has 0 atom stereocenters. The molecule has 0 spiro atoms. The van der Waals surface area contributed by atoms with E-state index in [-0.39, 0.29) is 5.09 Å². The Morgan fingerprint density at radius 1 is 1.16 bits per heavy atom. The highest BCUT2D eigenvalue weighted by Crippen LogP contribution is 2.40. The van der Waals surface area contributed by atoms with Gasteiger partial charge >= 0.3 is 0 Å². The van der Waals surface area contributed by atoms with Crippen LogP contribution in [0.15, 0.2) is 26.3 Å². The zero-order valence-electron chi connectivity index (χ0n) is 14.4. The lowest BCUT2D eigenvalue weighted by Gasteiger charge is -2.35. The molecule has 0 amide bonds. The summed E-state index contributed by atoms with van der Waals surface area (Å²) in [6.45, 7) is 6.59. The van der Waals surface area contributed by atoms with E-state index in [4.69, 9.17) is 8.83 Å². The van der Waals surface area contributed by atoms with Crippen molar-refractivity contribution >= 4 is 10.0 Å². The quantitative estimate of drug-likeness (QED) is 0.798. The summed E-state index contributed by atoms with van der Waals surface area (Å²) < 4.78 is 38.0. The van der Waals surface area contributed by atoms with Gasteiger partial charge in [-0.3, -0.25) is 4.90 Å². The average molecular weight is 366 g/mol. The van der Waals surface area contributed by atoms with Crippen LogP contribution in [-0.2, 0) is 10.0 Å². The predicted molar refractivity (Wildman–Crippen MR) is 89.4 cm³/mol. The van der Waals surface area contributed by atoms with E-state index in [1.165, 1.54) is 16.6 Å². The molecule has 2 aromatic rings. The first-order valence-corrected chi connectivity index (χ1v) is 10.1. The Bertz CT molecular complexity index is 845. The Balaban J connectivity index is 1.50. The van der Waals surface area contributed by atoms with E-state index >= 15 is 0 Å². The number of hydrogen-bond donors (Lipinski definition) is 0.